The van der Waals surface area contributed by atoms with Gasteiger partial charge in [0.1, 0.15) is 11.4 Å². The molecule has 0 aliphatic carbocycles. The van der Waals surface area contributed by atoms with Crippen molar-refractivity contribution in [3.63, 3.8) is 0 Å². The number of nitrogens with one attached hydrogen (secondary N) is 1. The van der Waals surface area contributed by atoms with E-state index in [1.165, 1.54) is 0 Å². The van der Waals surface area contributed by atoms with E-state index in [0.717, 1.165) is 0 Å². The third-order valence-corrected chi connectivity index (χ3v) is 2.26. The summed E-state index contributed by atoms with van der Waals surface area (Å²) in [6, 6.07) is 9.22. The summed E-state index contributed by atoms with van der Waals surface area (Å²) in [6.07, 6.45) is 1.11. The first kappa shape index (κ1) is 12.9. The Morgan fingerprint density at radius 1 is 1.37 bits per heavy atom. The summed E-state index contributed by atoms with van der Waals surface area (Å²) < 4.78 is 12.0. The Bertz CT molecular complexity index is 552. The number of para-hydroxylation sites is 1. The van der Waals surface area contributed by atoms with E-state index < -0.39 is 6.09 Å². The lowest BCUT2D eigenvalue weighted by Gasteiger charge is -2.06. The summed E-state index contributed by atoms with van der Waals surface area (Å²) in [5.41, 5.74) is 0.463. The molecule has 1 heterocycles. The Balaban J connectivity index is 2.14. The number of nitrogens with zero attached hydrogens (tertiary/aromatic N) is 2. The van der Waals surface area contributed by atoms with Crippen molar-refractivity contribution in [3.05, 3.63) is 36.5 Å². The second kappa shape index (κ2) is 5.90. The van der Waals surface area contributed by atoms with Crippen molar-refractivity contribution in [1.82, 2.24) is 9.78 Å². The summed E-state index contributed by atoms with van der Waals surface area (Å²) in [5.74, 6) is 0.967. The molecule has 0 aliphatic rings. The first-order chi connectivity index (χ1) is 9.19. The second-order valence-electron chi connectivity index (χ2n) is 3.78. The van der Waals surface area contributed by atoms with E-state index >= 15 is 0 Å². The lowest BCUT2D eigenvalue weighted by Crippen LogP contribution is -2.13. The molecule has 0 radical (unpaired) electrons. The molecule has 6 nitrogen and oxygen atoms in total. The number of hydrogen-bond donors (Lipinski definition) is 1. The van der Waals surface area contributed by atoms with Crippen molar-refractivity contribution < 1.29 is 14.3 Å². The van der Waals surface area contributed by atoms with Gasteiger partial charge in [-0.05, 0) is 19.1 Å². The fraction of sp³-hybridized carbons (Fsp3) is 0.231. The van der Waals surface area contributed by atoms with Gasteiger partial charge in [0.2, 0.25) is 0 Å². The summed E-state index contributed by atoms with van der Waals surface area (Å²) in [7, 11) is 1.74. The number of benzene rings is 1. The molecule has 1 amide bonds. The normalized spacial score (nSPS) is 10.0. The molecule has 19 heavy (non-hydrogen) atoms. The van der Waals surface area contributed by atoms with Crippen molar-refractivity contribution in [2.24, 2.45) is 7.05 Å². The van der Waals surface area contributed by atoms with Crippen LogP contribution in [0.1, 0.15) is 6.92 Å². The smallest absolute Gasteiger partial charge is 0.411 e. The van der Waals surface area contributed by atoms with Crippen LogP contribution in [-0.2, 0) is 11.8 Å². The number of rotatable bonds is 4. The Morgan fingerprint density at radius 3 is 2.79 bits per heavy atom. The quantitative estimate of drug-likeness (QED) is 0.919. The third kappa shape index (κ3) is 3.48. The number of carbonyl (C=O) groups excluding carboxylic acids is 1. The molecule has 0 aliphatic heterocycles. The summed E-state index contributed by atoms with van der Waals surface area (Å²) in [6.45, 7) is 2.05. The van der Waals surface area contributed by atoms with Crippen molar-refractivity contribution in [2.75, 3.05) is 11.9 Å². The highest BCUT2D eigenvalue weighted by atomic mass is 16.5. The van der Waals surface area contributed by atoms with Crippen LogP contribution in [0.4, 0.5) is 10.5 Å². The molecule has 0 atom stereocenters. The maximum atomic E-state index is 11.4. The predicted molar refractivity (Wildman–Crippen MR) is 70.4 cm³/mol. The van der Waals surface area contributed by atoms with Gasteiger partial charge in [-0.15, -0.1) is 5.10 Å². The highest BCUT2D eigenvalue weighted by Crippen LogP contribution is 2.27. The van der Waals surface area contributed by atoms with Gasteiger partial charge in [0.25, 0.3) is 5.88 Å². The second-order valence-corrected chi connectivity index (χ2v) is 3.78. The van der Waals surface area contributed by atoms with Gasteiger partial charge >= 0.3 is 6.09 Å². The van der Waals surface area contributed by atoms with Crippen molar-refractivity contribution >= 4 is 11.8 Å². The molecular weight excluding hydrogens is 246 g/mol. The van der Waals surface area contributed by atoms with E-state index in [0.29, 0.717) is 23.9 Å². The monoisotopic (exact) mass is 261 g/mol. The van der Waals surface area contributed by atoms with Crippen molar-refractivity contribution in [1.29, 1.82) is 0 Å². The molecule has 0 spiro atoms. The highest BCUT2D eigenvalue weighted by Gasteiger charge is 2.13. The van der Waals surface area contributed by atoms with E-state index in [4.69, 9.17) is 9.47 Å². The molecule has 0 fully saturated rings. The van der Waals surface area contributed by atoms with Gasteiger partial charge in [0, 0.05) is 7.05 Å². The standard InChI is InChI=1S/C13H15N3O3/c1-3-18-13(17)14-11-9-16(2)15-12(11)19-10-7-5-4-6-8-10/h4-9H,3H2,1-2H3,(H,14,17). The van der Waals surface area contributed by atoms with E-state index in [1.54, 1.807) is 24.9 Å². The maximum Gasteiger partial charge on any atom is 0.411 e. The number of hydrogen-bond acceptors (Lipinski definition) is 4. The number of carbonyl (C=O) groups is 1. The van der Waals surface area contributed by atoms with E-state index in [1.807, 2.05) is 30.3 Å². The minimum Gasteiger partial charge on any atom is -0.450 e. The number of amides is 1. The van der Waals surface area contributed by atoms with Gasteiger partial charge in [-0.1, -0.05) is 18.2 Å². The molecule has 6 heteroatoms. The maximum absolute atomic E-state index is 11.4. The zero-order valence-electron chi connectivity index (χ0n) is 10.8. The topological polar surface area (TPSA) is 65.4 Å². The van der Waals surface area contributed by atoms with Gasteiger partial charge < -0.3 is 9.47 Å². The van der Waals surface area contributed by atoms with Crippen LogP contribution in [0, 0.1) is 0 Å². The van der Waals surface area contributed by atoms with E-state index in [9.17, 15) is 4.79 Å². The van der Waals surface area contributed by atoms with Crippen LogP contribution in [-0.4, -0.2) is 22.5 Å². The largest absolute Gasteiger partial charge is 0.450 e. The third-order valence-electron chi connectivity index (χ3n) is 2.26. The Kier molecular flexibility index (Phi) is 4.02. The number of aryl methyl sites for hydroxylation is 1. The lowest BCUT2D eigenvalue weighted by molar-refractivity contribution is 0.168. The van der Waals surface area contributed by atoms with Gasteiger partial charge in [-0.3, -0.25) is 10.00 Å². The van der Waals surface area contributed by atoms with Crippen molar-refractivity contribution in [3.8, 4) is 11.6 Å². The molecule has 0 saturated heterocycles. The molecule has 100 valence electrons. The van der Waals surface area contributed by atoms with E-state index in [2.05, 4.69) is 10.4 Å². The molecule has 2 aromatic rings. The fourth-order valence-corrected chi connectivity index (χ4v) is 1.51. The Labute approximate surface area is 110 Å². The number of aromatic nitrogens is 2. The summed E-state index contributed by atoms with van der Waals surface area (Å²) in [5, 5.41) is 6.73. The van der Waals surface area contributed by atoms with Crippen LogP contribution in [0.3, 0.4) is 0 Å². The van der Waals surface area contributed by atoms with Gasteiger partial charge in [0.15, 0.2) is 0 Å². The van der Waals surface area contributed by atoms with Gasteiger partial charge in [0.05, 0.1) is 12.8 Å². The predicted octanol–water partition coefficient (Wildman–Crippen LogP) is 2.78. The van der Waals surface area contributed by atoms with Crippen LogP contribution in [0.15, 0.2) is 36.5 Å². The zero-order valence-corrected chi connectivity index (χ0v) is 10.8. The molecule has 1 aromatic heterocycles. The lowest BCUT2D eigenvalue weighted by atomic mass is 10.3. The van der Waals surface area contributed by atoms with E-state index in [-0.39, 0.29) is 0 Å². The number of ether oxygens (including phenoxy) is 2. The van der Waals surface area contributed by atoms with Crippen LogP contribution in [0.2, 0.25) is 0 Å². The first-order valence-electron chi connectivity index (χ1n) is 5.89. The molecule has 0 bridgehead atoms. The van der Waals surface area contributed by atoms with Crippen LogP contribution >= 0.6 is 0 Å². The molecule has 1 N–H and O–H groups in total. The van der Waals surface area contributed by atoms with Crippen molar-refractivity contribution in [2.45, 2.75) is 6.92 Å². The molecule has 0 saturated carbocycles. The van der Waals surface area contributed by atoms with Crippen LogP contribution in [0.5, 0.6) is 11.6 Å². The summed E-state index contributed by atoms with van der Waals surface area (Å²) in [4.78, 5) is 11.4. The Hall–Kier alpha value is -2.50. The fourth-order valence-electron chi connectivity index (χ4n) is 1.51. The molecule has 0 unspecified atom stereocenters. The Morgan fingerprint density at radius 2 is 2.11 bits per heavy atom. The summed E-state index contributed by atoms with van der Waals surface area (Å²) >= 11 is 0. The minimum atomic E-state index is -0.534. The zero-order chi connectivity index (χ0) is 13.7. The van der Waals surface area contributed by atoms with Crippen LogP contribution < -0.4 is 10.1 Å². The molecule has 2 rings (SSSR count). The SMILES string of the molecule is CCOC(=O)Nc1cn(C)nc1Oc1ccccc1. The minimum absolute atomic E-state index is 0.307. The van der Waals surface area contributed by atoms with Gasteiger partial charge in [-0.25, -0.2) is 4.79 Å². The first-order valence-corrected chi connectivity index (χ1v) is 5.89. The van der Waals surface area contributed by atoms with Gasteiger partial charge in [-0.2, -0.15) is 0 Å². The molecular formula is C13H15N3O3. The number of anilines is 1. The van der Waals surface area contributed by atoms with Crippen LogP contribution in [0.25, 0.3) is 0 Å². The molecule has 1 aromatic carbocycles. The average Bonchev–Trinajstić information content (AvgIpc) is 2.71. The average molecular weight is 261 g/mol. The highest BCUT2D eigenvalue weighted by molar-refractivity contribution is 5.86.